The SMILES string of the molecule is C#CC1(O)CCC2C3CCc4cc(O)c(C(O)C(F)F)cc4C3CCC21C. The highest BCUT2D eigenvalue weighted by atomic mass is 19.3. The van der Waals surface area contributed by atoms with Crippen LogP contribution in [-0.4, -0.2) is 27.3 Å². The number of alkyl halides is 2. The van der Waals surface area contributed by atoms with E-state index in [1.54, 1.807) is 12.1 Å². The minimum Gasteiger partial charge on any atom is -0.508 e. The number of rotatable bonds is 2. The molecule has 3 nitrogen and oxygen atoms in total. The summed E-state index contributed by atoms with van der Waals surface area (Å²) in [6.07, 6.45) is 5.53. The van der Waals surface area contributed by atoms with Gasteiger partial charge in [-0.15, -0.1) is 6.42 Å². The lowest BCUT2D eigenvalue weighted by Gasteiger charge is -2.52. The molecule has 3 aliphatic rings. The maximum Gasteiger partial charge on any atom is 0.268 e. The molecule has 0 amide bonds. The lowest BCUT2D eigenvalue weighted by molar-refractivity contribution is -0.0647. The molecule has 0 spiro atoms. The second kappa shape index (κ2) is 6.18. The Morgan fingerprint density at radius 1 is 1.22 bits per heavy atom. The van der Waals surface area contributed by atoms with Gasteiger partial charge in [0.05, 0.1) is 0 Å². The molecule has 1 aromatic carbocycles. The first-order chi connectivity index (χ1) is 12.7. The highest BCUT2D eigenvalue weighted by Gasteiger charge is 2.61. The van der Waals surface area contributed by atoms with Gasteiger partial charge in [-0.05, 0) is 79.5 Å². The van der Waals surface area contributed by atoms with Crippen LogP contribution >= 0.6 is 0 Å². The molecular weight excluding hydrogens is 350 g/mol. The summed E-state index contributed by atoms with van der Waals surface area (Å²) in [5.41, 5.74) is 0.464. The van der Waals surface area contributed by atoms with E-state index >= 15 is 0 Å². The zero-order chi connectivity index (χ0) is 19.6. The van der Waals surface area contributed by atoms with Gasteiger partial charge in [0.2, 0.25) is 0 Å². The Labute approximate surface area is 158 Å². The topological polar surface area (TPSA) is 60.7 Å². The van der Waals surface area contributed by atoms with Gasteiger partial charge in [-0.3, -0.25) is 0 Å². The number of aryl methyl sites for hydroxylation is 1. The first-order valence-corrected chi connectivity index (χ1v) is 9.74. The summed E-state index contributed by atoms with van der Waals surface area (Å²) >= 11 is 0. The number of benzene rings is 1. The number of aliphatic hydroxyl groups is 2. The van der Waals surface area contributed by atoms with E-state index < -0.39 is 18.1 Å². The van der Waals surface area contributed by atoms with E-state index in [0.717, 1.165) is 43.2 Å². The van der Waals surface area contributed by atoms with E-state index in [0.29, 0.717) is 18.3 Å². The van der Waals surface area contributed by atoms with Crippen LogP contribution in [0, 0.1) is 29.6 Å². The second-order valence-corrected chi connectivity index (χ2v) is 8.80. The first kappa shape index (κ1) is 18.7. The van der Waals surface area contributed by atoms with Crippen molar-refractivity contribution in [1.29, 1.82) is 0 Å². The highest BCUT2D eigenvalue weighted by Crippen LogP contribution is 2.64. The normalized spacial score (nSPS) is 38.6. The van der Waals surface area contributed by atoms with Crippen molar-refractivity contribution >= 4 is 0 Å². The largest absolute Gasteiger partial charge is 0.508 e. The van der Waals surface area contributed by atoms with Crippen LogP contribution in [0.3, 0.4) is 0 Å². The van der Waals surface area contributed by atoms with Crippen LogP contribution in [0.1, 0.15) is 67.7 Å². The number of hydrogen-bond acceptors (Lipinski definition) is 3. The van der Waals surface area contributed by atoms with Crippen molar-refractivity contribution in [1.82, 2.24) is 0 Å². The Morgan fingerprint density at radius 3 is 2.63 bits per heavy atom. The number of halogens is 2. The zero-order valence-electron chi connectivity index (χ0n) is 15.5. The minimum absolute atomic E-state index is 0.0933. The summed E-state index contributed by atoms with van der Waals surface area (Å²) in [6, 6.07) is 3.13. The highest BCUT2D eigenvalue weighted by molar-refractivity contribution is 5.47. The van der Waals surface area contributed by atoms with E-state index in [9.17, 15) is 24.1 Å². The molecule has 4 rings (SSSR count). The average Bonchev–Trinajstić information content (AvgIpc) is 2.92. The van der Waals surface area contributed by atoms with Crippen molar-refractivity contribution in [3.05, 3.63) is 28.8 Å². The van der Waals surface area contributed by atoms with Gasteiger partial charge in [-0.25, -0.2) is 8.78 Å². The Hall–Kier alpha value is -1.64. The predicted octanol–water partition coefficient (Wildman–Crippen LogP) is 3.91. The van der Waals surface area contributed by atoms with Crippen molar-refractivity contribution in [2.45, 2.75) is 69.5 Å². The molecule has 0 aliphatic heterocycles. The summed E-state index contributed by atoms with van der Waals surface area (Å²) in [5.74, 6) is 3.20. The van der Waals surface area contributed by atoms with Crippen LogP contribution in [0.25, 0.3) is 0 Å². The van der Waals surface area contributed by atoms with Crippen molar-refractivity contribution in [2.24, 2.45) is 17.3 Å². The molecule has 3 N–H and O–H groups in total. The van der Waals surface area contributed by atoms with Gasteiger partial charge in [0, 0.05) is 11.0 Å². The monoisotopic (exact) mass is 376 g/mol. The molecule has 5 heteroatoms. The predicted molar refractivity (Wildman–Crippen MR) is 97.5 cm³/mol. The van der Waals surface area contributed by atoms with Crippen molar-refractivity contribution in [3.8, 4) is 18.1 Å². The fourth-order valence-corrected chi connectivity index (χ4v) is 6.25. The summed E-state index contributed by atoms with van der Waals surface area (Å²) in [4.78, 5) is 0. The van der Waals surface area contributed by atoms with Crippen molar-refractivity contribution in [3.63, 3.8) is 0 Å². The summed E-state index contributed by atoms with van der Waals surface area (Å²) in [7, 11) is 0. The fourth-order valence-electron chi connectivity index (χ4n) is 6.25. The fraction of sp³-hybridized carbons (Fsp3) is 0.636. The third-order valence-corrected chi connectivity index (χ3v) is 7.82. The maximum atomic E-state index is 13.0. The lowest BCUT2D eigenvalue weighted by atomic mass is 9.53. The molecule has 2 saturated carbocycles. The molecule has 0 radical (unpaired) electrons. The molecule has 1 aromatic rings. The maximum absolute atomic E-state index is 13.0. The molecule has 6 atom stereocenters. The van der Waals surface area contributed by atoms with Gasteiger partial charge in [-0.1, -0.05) is 12.8 Å². The minimum atomic E-state index is -2.94. The van der Waals surface area contributed by atoms with Crippen LogP contribution in [0.4, 0.5) is 8.78 Å². The zero-order valence-corrected chi connectivity index (χ0v) is 15.5. The molecule has 0 saturated heterocycles. The summed E-state index contributed by atoms with van der Waals surface area (Å²) in [5, 5.41) is 30.9. The van der Waals surface area contributed by atoms with Crippen LogP contribution in [0.2, 0.25) is 0 Å². The number of terminal acetylenes is 1. The number of phenols is 1. The quantitative estimate of drug-likeness (QED) is 0.686. The number of phenolic OH excluding ortho intramolecular Hbond substituents is 1. The molecule has 3 aliphatic carbocycles. The Balaban J connectivity index is 1.72. The second-order valence-electron chi connectivity index (χ2n) is 8.80. The molecule has 0 bridgehead atoms. The van der Waals surface area contributed by atoms with Gasteiger partial charge < -0.3 is 15.3 Å². The van der Waals surface area contributed by atoms with E-state index in [1.807, 2.05) is 0 Å². The summed E-state index contributed by atoms with van der Waals surface area (Å²) < 4.78 is 26.0. The summed E-state index contributed by atoms with van der Waals surface area (Å²) in [6.45, 7) is 2.10. The van der Waals surface area contributed by atoms with E-state index in [-0.39, 0.29) is 22.6 Å². The van der Waals surface area contributed by atoms with Gasteiger partial charge in [0.1, 0.15) is 17.5 Å². The van der Waals surface area contributed by atoms with Crippen LogP contribution in [-0.2, 0) is 6.42 Å². The molecule has 0 aromatic heterocycles. The number of aliphatic hydroxyl groups excluding tert-OH is 1. The Morgan fingerprint density at radius 2 is 1.96 bits per heavy atom. The van der Waals surface area contributed by atoms with Crippen LogP contribution in [0.15, 0.2) is 12.1 Å². The Kier molecular flexibility index (Phi) is 4.29. The lowest BCUT2D eigenvalue weighted by Crippen LogP contribution is -2.50. The Bertz CT molecular complexity index is 801. The smallest absolute Gasteiger partial charge is 0.268 e. The van der Waals surface area contributed by atoms with Gasteiger partial charge in [0.25, 0.3) is 6.43 Å². The molecule has 2 fully saturated rings. The number of hydrogen-bond donors (Lipinski definition) is 3. The molecular formula is C22H26F2O3. The standard InChI is InChI=1S/C22H26F2O3/c1-3-22(27)9-7-17-14-5-4-12-10-18(25)16(19(26)20(23)24)11-15(12)13(14)6-8-21(17,22)2/h1,10-11,13-14,17,19-20,25-27H,4-9H2,2H3. The number of fused-ring (bicyclic) bond motifs is 5. The molecule has 6 unspecified atom stereocenters. The average molecular weight is 376 g/mol. The number of aromatic hydroxyl groups is 1. The first-order valence-electron chi connectivity index (χ1n) is 9.74. The molecule has 146 valence electrons. The van der Waals surface area contributed by atoms with Crippen LogP contribution < -0.4 is 0 Å². The van der Waals surface area contributed by atoms with E-state index in [4.69, 9.17) is 6.42 Å². The van der Waals surface area contributed by atoms with E-state index in [2.05, 4.69) is 12.8 Å². The third kappa shape index (κ3) is 2.53. The third-order valence-electron chi connectivity index (χ3n) is 7.82. The van der Waals surface area contributed by atoms with Crippen molar-refractivity contribution in [2.75, 3.05) is 0 Å². The molecule has 27 heavy (non-hydrogen) atoms. The van der Waals surface area contributed by atoms with Crippen LogP contribution in [0.5, 0.6) is 5.75 Å². The van der Waals surface area contributed by atoms with E-state index in [1.165, 1.54) is 0 Å². The molecule has 0 heterocycles. The van der Waals surface area contributed by atoms with Crippen molar-refractivity contribution < 1.29 is 24.1 Å². The van der Waals surface area contributed by atoms with Gasteiger partial charge in [-0.2, -0.15) is 0 Å². The van der Waals surface area contributed by atoms with Gasteiger partial charge in [0.15, 0.2) is 0 Å². The van der Waals surface area contributed by atoms with Gasteiger partial charge >= 0.3 is 0 Å².